The van der Waals surface area contributed by atoms with Gasteiger partial charge in [0.2, 0.25) is 0 Å². The highest BCUT2D eigenvalue weighted by molar-refractivity contribution is 7.16. The molecule has 3 aromatic heterocycles. The van der Waals surface area contributed by atoms with E-state index in [1.807, 2.05) is 24.4 Å². The Labute approximate surface area is 188 Å². The van der Waals surface area contributed by atoms with E-state index in [9.17, 15) is 18.0 Å². The zero-order valence-corrected chi connectivity index (χ0v) is 18.3. The second kappa shape index (κ2) is 8.45. The molecule has 0 atom stereocenters. The molecule has 1 N–H and O–H groups in total. The smallest absolute Gasteiger partial charge is 0.347 e. The van der Waals surface area contributed by atoms with E-state index in [4.69, 9.17) is 11.6 Å². The lowest BCUT2D eigenvalue weighted by Gasteiger charge is -2.13. The number of hydrogen-bond acceptors (Lipinski definition) is 5. The zero-order chi connectivity index (χ0) is 22.2. The van der Waals surface area contributed by atoms with Gasteiger partial charge in [0.1, 0.15) is 0 Å². The molecule has 1 aromatic carbocycles. The number of nitrogens with one attached hydrogen (secondary N) is 1. The summed E-state index contributed by atoms with van der Waals surface area (Å²) in [6, 6.07) is 9.41. The maximum absolute atomic E-state index is 13.8. The van der Waals surface area contributed by atoms with Gasteiger partial charge in [0.25, 0.3) is 5.91 Å². The van der Waals surface area contributed by atoms with Gasteiger partial charge in [-0.3, -0.25) is 4.79 Å². The van der Waals surface area contributed by atoms with Gasteiger partial charge in [0.15, 0.2) is 5.69 Å². The van der Waals surface area contributed by atoms with Gasteiger partial charge < -0.3 is 5.32 Å². The minimum Gasteiger partial charge on any atom is -0.347 e. The normalized spacial score (nSPS) is 11.6. The number of carbonyl (C=O) groups excluding carboxylic acids is 1. The van der Waals surface area contributed by atoms with Crippen LogP contribution in [0, 0.1) is 6.92 Å². The van der Waals surface area contributed by atoms with Crippen molar-refractivity contribution in [1.82, 2.24) is 20.1 Å². The molecule has 0 saturated heterocycles. The van der Waals surface area contributed by atoms with E-state index in [-0.39, 0.29) is 12.2 Å². The summed E-state index contributed by atoms with van der Waals surface area (Å²) < 4.78 is 42.0. The van der Waals surface area contributed by atoms with E-state index in [0.717, 1.165) is 26.7 Å². The number of carbonyl (C=O) groups is 1. The predicted octanol–water partition coefficient (Wildman–Crippen LogP) is 5.97. The highest BCUT2D eigenvalue weighted by Crippen LogP contribution is 2.34. The maximum Gasteiger partial charge on any atom is 0.434 e. The number of thiazole rings is 1. The molecule has 1 amide bonds. The fraction of sp³-hybridized carbons (Fsp3) is 0.150. The van der Waals surface area contributed by atoms with Gasteiger partial charge >= 0.3 is 6.18 Å². The molecule has 31 heavy (non-hydrogen) atoms. The third-order valence-corrected chi connectivity index (χ3v) is 6.44. The van der Waals surface area contributed by atoms with Crippen LogP contribution in [0.4, 0.5) is 13.2 Å². The number of amides is 1. The number of nitrogens with zero attached hydrogens (tertiary/aromatic N) is 3. The van der Waals surface area contributed by atoms with Gasteiger partial charge in [0, 0.05) is 15.3 Å². The number of rotatable bonds is 5. The minimum absolute atomic E-state index is 0.0933. The second-order valence-electron chi connectivity index (χ2n) is 6.49. The van der Waals surface area contributed by atoms with E-state index in [1.165, 1.54) is 46.9 Å². The van der Waals surface area contributed by atoms with Crippen LogP contribution in [-0.4, -0.2) is 20.7 Å². The third kappa shape index (κ3) is 4.65. The number of halogens is 4. The molecule has 0 radical (unpaired) electrons. The maximum atomic E-state index is 13.8. The monoisotopic (exact) mass is 482 g/mol. The van der Waals surface area contributed by atoms with Crippen LogP contribution in [-0.2, 0) is 12.7 Å². The Hall–Kier alpha value is -2.69. The Morgan fingerprint density at radius 1 is 1.19 bits per heavy atom. The predicted molar refractivity (Wildman–Crippen MR) is 115 cm³/mol. The first kappa shape index (κ1) is 21.5. The first-order valence-corrected chi connectivity index (χ1v) is 11.0. The lowest BCUT2D eigenvalue weighted by Crippen LogP contribution is -2.26. The van der Waals surface area contributed by atoms with E-state index in [0.29, 0.717) is 9.70 Å². The molecular formula is C20H14ClF3N4OS2. The van der Waals surface area contributed by atoms with Crippen LogP contribution >= 0.6 is 34.3 Å². The van der Waals surface area contributed by atoms with Crippen LogP contribution in [0.5, 0.6) is 0 Å². The zero-order valence-electron chi connectivity index (χ0n) is 15.9. The topological polar surface area (TPSA) is 59.8 Å². The molecular weight excluding hydrogens is 469 g/mol. The Bertz CT molecular complexity index is 1230. The fourth-order valence-electron chi connectivity index (χ4n) is 2.92. The highest BCUT2D eigenvalue weighted by atomic mass is 35.5. The number of hydrogen-bond donors (Lipinski definition) is 1. The van der Waals surface area contributed by atoms with Crippen molar-refractivity contribution < 1.29 is 18.0 Å². The van der Waals surface area contributed by atoms with Crippen molar-refractivity contribution in [2.24, 2.45) is 0 Å². The molecule has 0 saturated carbocycles. The molecule has 3 heterocycles. The van der Waals surface area contributed by atoms with Crippen LogP contribution < -0.4 is 5.32 Å². The first-order valence-electron chi connectivity index (χ1n) is 8.93. The molecule has 0 spiro atoms. The molecule has 11 heteroatoms. The second-order valence-corrected chi connectivity index (χ2v) is 9.16. The molecule has 160 valence electrons. The minimum atomic E-state index is -4.78. The van der Waals surface area contributed by atoms with Crippen molar-refractivity contribution >= 4 is 40.2 Å². The summed E-state index contributed by atoms with van der Waals surface area (Å²) in [7, 11) is 0. The Balaban J connectivity index is 1.55. The summed E-state index contributed by atoms with van der Waals surface area (Å²) in [6.07, 6.45) is -3.86. The Morgan fingerprint density at radius 2 is 1.94 bits per heavy atom. The third-order valence-electron chi connectivity index (χ3n) is 4.31. The number of benzene rings is 1. The highest BCUT2D eigenvalue weighted by Gasteiger charge is 2.40. The summed E-state index contributed by atoms with van der Waals surface area (Å²) in [5.41, 5.74) is -0.697. The summed E-state index contributed by atoms with van der Waals surface area (Å²) in [5, 5.41) is 9.60. The quantitative estimate of drug-likeness (QED) is 0.381. The largest absolute Gasteiger partial charge is 0.434 e. The van der Waals surface area contributed by atoms with Crippen LogP contribution in [0.15, 0.2) is 48.0 Å². The van der Waals surface area contributed by atoms with E-state index >= 15 is 0 Å². The first-order chi connectivity index (χ1) is 14.7. The van der Waals surface area contributed by atoms with E-state index in [1.54, 1.807) is 0 Å². The van der Waals surface area contributed by atoms with Gasteiger partial charge in [0.05, 0.1) is 39.6 Å². The SMILES string of the molecule is Cc1nc(-c2ccc(CNC(=O)c3cnn(-c4ccc(Cl)cc4)c3C(F)(F)F)s2)cs1. The standard InChI is InChI=1S/C20H14ClF3N4OS2/c1-11-27-16(10-30-11)17-7-6-14(31-17)8-25-19(29)15-9-26-28(18(15)20(22,23)24)13-4-2-12(21)3-5-13/h2-7,9-10H,8H2,1H3,(H,25,29). The summed E-state index contributed by atoms with van der Waals surface area (Å²) in [5.74, 6) is -0.855. The number of aryl methyl sites for hydroxylation is 1. The van der Waals surface area contributed by atoms with Crippen LogP contribution in [0.2, 0.25) is 5.02 Å². The molecule has 0 unspecified atom stereocenters. The van der Waals surface area contributed by atoms with Gasteiger partial charge in [-0.05, 0) is 43.3 Å². The summed E-state index contributed by atoms with van der Waals surface area (Å²) in [6.45, 7) is 2.00. The number of alkyl halides is 3. The number of thiophene rings is 1. The van der Waals surface area contributed by atoms with Crippen LogP contribution in [0.3, 0.4) is 0 Å². The van der Waals surface area contributed by atoms with Crippen molar-refractivity contribution in [3.8, 4) is 16.3 Å². The van der Waals surface area contributed by atoms with Crippen LogP contribution in [0.25, 0.3) is 16.3 Å². The van der Waals surface area contributed by atoms with Crippen LogP contribution in [0.1, 0.15) is 25.9 Å². The van der Waals surface area contributed by atoms with Crippen molar-refractivity contribution in [2.45, 2.75) is 19.6 Å². The summed E-state index contributed by atoms with van der Waals surface area (Å²) >= 11 is 8.76. The molecule has 0 fully saturated rings. The lowest BCUT2D eigenvalue weighted by molar-refractivity contribution is -0.143. The van der Waals surface area contributed by atoms with Gasteiger partial charge in [-0.2, -0.15) is 18.3 Å². The van der Waals surface area contributed by atoms with Crippen molar-refractivity contribution in [1.29, 1.82) is 0 Å². The van der Waals surface area contributed by atoms with Crippen molar-refractivity contribution in [2.75, 3.05) is 0 Å². The average molecular weight is 483 g/mol. The average Bonchev–Trinajstić information content (AvgIpc) is 3.45. The van der Waals surface area contributed by atoms with Crippen molar-refractivity contribution in [3.05, 3.63) is 74.1 Å². The molecule has 4 aromatic rings. The Kier molecular flexibility index (Phi) is 5.87. The fourth-order valence-corrected chi connectivity index (χ4v) is 4.64. The van der Waals surface area contributed by atoms with E-state index < -0.39 is 23.3 Å². The van der Waals surface area contributed by atoms with Gasteiger partial charge in [-0.1, -0.05) is 11.6 Å². The molecule has 0 aliphatic carbocycles. The van der Waals surface area contributed by atoms with Gasteiger partial charge in [-0.15, -0.1) is 22.7 Å². The van der Waals surface area contributed by atoms with E-state index in [2.05, 4.69) is 15.4 Å². The number of aromatic nitrogens is 3. The lowest BCUT2D eigenvalue weighted by atomic mass is 10.2. The molecule has 0 bridgehead atoms. The Morgan fingerprint density at radius 3 is 2.58 bits per heavy atom. The van der Waals surface area contributed by atoms with Gasteiger partial charge in [-0.25, -0.2) is 9.67 Å². The molecule has 4 rings (SSSR count). The summed E-state index contributed by atoms with van der Waals surface area (Å²) in [4.78, 5) is 18.7. The van der Waals surface area contributed by atoms with Crippen molar-refractivity contribution in [3.63, 3.8) is 0 Å². The molecule has 0 aliphatic heterocycles. The molecule has 5 nitrogen and oxygen atoms in total. The molecule has 0 aliphatic rings.